The molecule has 2 aromatic heterocycles. The molecule has 1 aliphatic heterocycles. The van der Waals surface area contributed by atoms with Gasteiger partial charge in [-0.15, -0.1) is 0 Å². The van der Waals surface area contributed by atoms with E-state index in [2.05, 4.69) is 25.6 Å². The maximum Gasteiger partial charge on any atom is 0.272 e. The minimum Gasteiger partial charge on any atom is -0.497 e. The normalized spacial score (nSPS) is 13.5. The number of carbonyl (C=O) groups is 2. The molecule has 9 heteroatoms. The van der Waals surface area contributed by atoms with Gasteiger partial charge >= 0.3 is 0 Å². The number of ether oxygens (including phenoxy) is 1. The Bertz CT molecular complexity index is 1040. The predicted molar refractivity (Wildman–Crippen MR) is 110 cm³/mol. The van der Waals surface area contributed by atoms with E-state index in [-0.39, 0.29) is 24.1 Å². The van der Waals surface area contributed by atoms with Crippen LogP contribution in [0.5, 0.6) is 5.75 Å². The van der Waals surface area contributed by atoms with Crippen molar-refractivity contribution in [1.82, 2.24) is 25.2 Å². The summed E-state index contributed by atoms with van der Waals surface area (Å²) in [5.41, 5.74) is 2.80. The number of hydrogen-bond acceptors (Lipinski definition) is 7. The first kappa shape index (κ1) is 19.3. The third kappa shape index (κ3) is 4.35. The monoisotopic (exact) mass is 404 g/mol. The van der Waals surface area contributed by atoms with E-state index in [4.69, 9.17) is 4.74 Å². The average molecular weight is 404 g/mol. The summed E-state index contributed by atoms with van der Waals surface area (Å²) >= 11 is 0. The largest absolute Gasteiger partial charge is 0.497 e. The summed E-state index contributed by atoms with van der Waals surface area (Å²) in [6, 6.07) is 11.0. The third-order valence-electron chi connectivity index (χ3n) is 4.64. The topological polar surface area (TPSA) is 109 Å². The quantitative estimate of drug-likeness (QED) is 0.668. The maximum atomic E-state index is 12.5. The van der Waals surface area contributed by atoms with Crippen LogP contribution in [0, 0.1) is 0 Å². The molecule has 0 unspecified atom stereocenters. The molecule has 30 heavy (non-hydrogen) atoms. The Hall–Kier alpha value is -4.01. The van der Waals surface area contributed by atoms with Crippen molar-refractivity contribution in [3.8, 4) is 16.9 Å². The second kappa shape index (κ2) is 8.56. The zero-order valence-electron chi connectivity index (χ0n) is 16.3. The summed E-state index contributed by atoms with van der Waals surface area (Å²) < 4.78 is 5.16. The molecule has 152 valence electrons. The van der Waals surface area contributed by atoms with Gasteiger partial charge < -0.3 is 20.3 Å². The van der Waals surface area contributed by atoms with Crippen molar-refractivity contribution in [3.63, 3.8) is 0 Å². The second-order valence-electron chi connectivity index (χ2n) is 6.66. The van der Waals surface area contributed by atoms with Crippen LogP contribution in [0.15, 0.2) is 55.0 Å². The molecule has 3 aromatic rings. The van der Waals surface area contributed by atoms with Crippen LogP contribution >= 0.6 is 0 Å². The second-order valence-corrected chi connectivity index (χ2v) is 6.66. The first-order chi connectivity index (χ1) is 14.6. The van der Waals surface area contributed by atoms with E-state index < -0.39 is 0 Å². The maximum absolute atomic E-state index is 12.5. The Labute approximate surface area is 173 Å². The van der Waals surface area contributed by atoms with Crippen molar-refractivity contribution < 1.29 is 14.3 Å². The van der Waals surface area contributed by atoms with Crippen LogP contribution in [0.3, 0.4) is 0 Å². The van der Waals surface area contributed by atoms with E-state index in [1.54, 1.807) is 31.6 Å². The number of carbonyl (C=O) groups excluding carboxylic acids is 2. The molecule has 1 fully saturated rings. The minimum atomic E-state index is -0.267. The lowest BCUT2D eigenvalue weighted by atomic mass is 10.1. The average Bonchev–Trinajstić information content (AvgIpc) is 2.80. The molecule has 9 nitrogen and oxygen atoms in total. The summed E-state index contributed by atoms with van der Waals surface area (Å²) in [5, 5.41) is 5.75. The summed E-state index contributed by atoms with van der Waals surface area (Å²) in [5.74, 6) is 0.774. The highest BCUT2D eigenvalue weighted by Crippen LogP contribution is 2.22. The minimum absolute atomic E-state index is 0.0505. The Morgan fingerprint density at radius 1 is 1.03 bits per heavy atom. The first-order valence-electron chi connectivity index (χ1n) is 9.38. The molecule has 0 radical (unpaired) electrons. The van der Waals surface area contributed by atoms with E-state index in [1.807, 2.05) is 24.3 Å². The van der Waals surface area contributed by atoms with Crippen molar-refractivity contribution in [2.24, 2.45) is 0 Å². The Morgan fingerprint density at radius 2 is 1.80 bits per heavy atom. The van der Waals surface area contributed by atoms with Crippen molar-refractivity contribution >= 4 is 23.5 Å². The van der Waals surface area contributed by atoms with Crippen LogP contribution in [-0.2, 0) is 4.79 Å². The number of methoxy groups -OCH3 is 1. The molecule has 1 saturated heterocycles. The van der Waals surface area contributed by atoms with Crippen molar-refractivity contribution in [3.05, 3.63) is 60.7 Å². The van der Waals surface area contributed by atoms with E-state index in [0.29, 0.717) is 24.7 Å². The Kier molecular flexibility index (Phi) is 5.51. The molecule has 0 bridgehead atoms. The highest BCUT2D eigenvalue weighted by Gasteiger charge is 2.23. The van der Waals surface area contributed by atoms with Crippen LogP contribution < -0.4 is 15.4 Å². The highest BCUT2D eigenvalue weighted by atomic mass is 16.5. The fourth-order valence-corrected chi connectivity index (χ4v) is 3.02. The molecule has 1 aliphatic rings. The predicted octanol–water partition coefficient (Wildman–Crippen LogP) is 1.86. The highest BCUT2D eigenvalue weighted by molar-refractivity contribution is 5.95. The van der Waals surface area contributed by atoms with Gasteiger partial charge in [-0.05, 0) is 29.8 Å². The zero-order valence-corrected chi connectivity index (χ0v) is 16.3. The van der Waals surface area contributed by atoms with Crippen LogP contribution in [0.4, 0.5) is 11.6 Å². The van der Waals surface area contributed by atoms with Gasteiger partial charge in [0.25, 0.3) is 5.91 Å². The third-order valence-corrected chi connectivity index (χ3v) is 4.64. The number of nitrogens with one attached hydrogen (secondary N) is 2. The van der Waals surface area contributed by atoms with Gasteiger partial charge in [0.1, 0.15) is 11.4 Å². The fourth-order valence-electron chi connectivity index (χ4n) is 3.02. The molecule has 0 atom stereocenters. The molecule has 3 heterocycles. The van der Waals surface area contributed by atoms with E-state index in [9.17, 15) is 9.59 Å². The summed E-state index contributed by atoms with van der Waals surface area (Å²) in [7, 11) is 1.63. The van der Waals surface area contributed by atoms with Gasteiger partial charge in [0.2, 0.25) is 11.9 Å². The molecular formula is C21H20N6O3. The van der Waals surface area contributed by atoms with E-state index >= 15 is 0 Å². The molecule has 2 amide bonds. The van der Waals surface area contributed by atoms with Gasteiger partial charge in [0, 0.05) is 31.0 Å². The summed E-state index contributed by atoms with van der Waals surface area (Å²) in [6.07, 6.45) is 4.99. The molecular weight excluding hydrogens is 384 g/mol. The van der Waals surface area contributed by atoms with Gasteiger partial charge in [-0.25, -0.2) is 15.0 Å². The Balaban J connectivity index is 1.40. The summed E-state index contributed by atoms with van der Waals surface area (Å²) in [6.45, 7) is 0.976. The van der Waals surface area contributed by atoms with Gasteiger partial charge in [-0.3, -0.25) is 9.59 Å². The fraction of sp³-hybridized carbons (Fsp3) is 0.190. The molecule has 2 N–H and O–H groups in total. The SMILES string of the molecule is COc1ccc(-c2cnc(Nc3ccc(C(=O)N4CCNC(=O)C4)nc3)nc2)cc1. The molecule has 0 saturated carbocycles. The number of aromatic nitrogens is 3. The number of hydrogen-bond donors (Lipinski definition) is 2. The number of rotatable bonds is 5. The molecule has 0 aliphatic carbocycles. The van der Waals surface area contributed by atoms with Crippen LogP contribution in [0.2, 0.25) is 0 Å². The Morgan fingerprint density at radius 3 is 2.43 bits per heavy atom. The van der Waals surface area contributed by atoms with Crippen LogP contribution in [0.25, 0.3) is 11.1 Å². The van der Waals surface area contributed by atoms with Gasteiger partial charge in [0.05, 0.1) is 25.5 Å². The van der Waals surface area contributed by atoms with Crippen LogP contribution in [0.1, 0.15) is 10.5 Å². The van der Waals surface area contributed by atoms with Crippen molar-refractivity contribution in [2.45, 2.75) is 0 Å². The number of piperazine rings is 1. The van der Waals surface area contributed by atoms with Gasteiger partial charge in [-0.2, -0.15) is 0 Å². The number of pyridine rings is 1. The first-order valence-corrected chi connectivity index (χ1v) is 9.38. The van der Waals surface area contributed by atoms with E-state index in [1.165, 1.54) is 11.1 Å². The standard InChI is InChI=1S/C21H20N6O3/c1-30-17-5-2-14(3-6-17)15-10-24-21(25-11-15)26-16-4-7-18(23-12-16)20(29)27-9-8-22-19(28)13-27/h2-7,10-12H,8-9,13H2,1H3,(H,22,28)(H,24,25,26). The molecule has 0 spiro atoms. The van der Waals surface area contributed by atoms with Crippen molar-refractivity contribution in [2.75, 3.05) is 32.1 Å². The number of benzene rings is 1. The smallest absolute Gasteiger partial charge is 0.272 e. The van der Waals surface area contributed by atoms with Crippen LogP contribution in [-0.4, -0.2) is 58.4 Å². The van der Waals surface area contributed by atoms with E-state index in [0.717, 1.165) is 16.9 Å². The number of amides is 2. The molecule has 4 rings (SSSR count). The number of nitrogens with zero attached hydrogens (tertiary/aromatic N) is 4. The van der Waals surface area contributed by atoms with Crippen molar-refractivity contribution in [1.29, 1.82) is 0 Å². The molecule has 1 aromatic carbocycles. The lowest BCUT2D eigenvalue weighted by Crippen LogP contribution is -2.50. The number of anilines is 2. The zero-order chi connectivity index (χ0) is 20.9. The lowest BCUT2D eigenvalue weighted by molar-refractivity contribution is -0.123. The van der Waals surface area contributed by atoms with Gasteiger partial charge in [0.15, 0.2) is 0 Å². The van der Waals surface area contributed by atoms with Gasteiger partial charge in [-0.1, -0.05) is 12.1 Å². The summed E-state index contributed by atoms with van der Waals surface area (Å²) in [4.78, 5) is 38.3. The lowest BCUT2D eigenvalue weighted by Gasteiger charge is -2.26.